The number of aromatic nitrogens is 4. The Bertz CT molecular complexity index is 1000. The summed E-state index contributed by atoms with van der Waals surface area (Å²) in [5.41, 5.74) is 2.71. The predicted molar refractivity (Wildman–Crippen MR) is 105 cm³/mol. The van der Waals surface area contributed by atoms with Crippen LogP contribution in [0.15, 0.2) is 36.8 Å². The summed E-state index contributed by atoms with van der Waals surface area (Å²) in [5.74, 6) is 1.73. The molecule has 7 heteroatoms. The van der Waals surface area contributed by atoms with Gasteiger partial charge in [-0.05, 0) is 18.2 Å². The van der Waals surface area contributed by atoms with Gasteiger partial charge in [0.05, 0.1) is 11.3 Å². The van der Waals surface area contributed by atoms with Crippen molar-refractivity contribution in [3.05, 3.63) is 48.0 Å². The lowest BCUT2D eigenvalue weighted by Gasteiger charge is -2.36. The van der Waals surface area contributed by atoms with E-state index in [1.807, 2.05) is 16.8 Å². The van der Waals surface area contributed by atoms with Crippen molar-refractivity contribution in [3.63, 3.8) is 0 Å². The van der Waals surface area contributed by atoms with Gasteiger partial charge in [0.15, 0.2) is 5.82 Å². The molecule has 0 N–H and O–H groups in total. The average Bonchev–Trinajstić information content (AvgIpc) is 3.13. The van der Waals surface area contributed by atoms with Crippen LogP contribution in [0.5, 0.6) is 0 Å². The minimum atomic E-state index is -0.00530. The van der Waals surface area contributed by atoms with E-state index in [4.69, 9.17) is 5.10 Å². The standard InChI is InChI=1S/C20H23N7/c1-20(2,3)17-13-16-19(23-7-8-27(16)24-17)26-11-9-25(10-12-26)18-15(14-21)5-4-6-22-18/h4-8,13H,9-12H2,1-3H3. The van der Waals surface area contributed by atoms with E-state index in [1.165, 1.54) is 0 Å². The highest BCUT2D eigenvalue weighted by Crippen LogP contribution is 2.27. The average molecular weight is 361 g/mol. The Morgan fingerprint density at radius 3 is 2.33 bits per heavy atom. The van der Waals surface area contributed by atoms with Crippen molar-refractivity contribution >= 4 is 17.2 Å². The summed E-state index contributed by atoms with van der Waals surface area (Å²) in [7, 11) is 0. The quantitative estimate of drug-likeness (QED) is 0.699. The molecule has 0 bridgehead atoms. The molecule has 0 unspecified atom stereocenters. The van der Waals surface area contributed by atoms with E-state index in [1.54, 1.807) is 18.5 Å². The van der Waals surface area contributed by atoms with Gasteiger partial charge < -0.3 is 9.80 Å². The molecule has 1 saturated heterocycles. The maximum Gasteiger partial charge on any atom is 0.154 e. The van der Waals surface area contributed by atoms with E-state index in [-0.39, 0.29) is 5.41 Å². The lowest BCUT2D eigenvalue weighted by molar-refractivity contribution is 0.562. The normalized spacial score (nSPS) is 15.2. The van der Waals surface area contributed by atoms with E-state index >= 15 is 0 Å². The molecule has 1 fully saturated rings. The smallest absolute Gasteiger partial charge is 0.154 e. The van der Waals surface area contributed by atoms with Crippen LogP contribution in [0, 0.1) is 11.3 Å². The molecule has 138 valence electrons. The van der Waals surface area contributed by atoms with Crippen LogP contribution in [-0.4, -0.2) is 45.8 Å². The van der Waals surface area contributed by atoms with Gasteiger partial charge >= 0.3 is 0 Å². The maximum atomic E-state index is 9.32. The highest BCUT2D eigenvalue weighted by molar-refractivity contribution is 5.70. The van der Waals surface area contributed by atoms with Gasteiger partial charge in [-0.3, -0.25) is 0 Å². The first-order valence-electron chi connectivity index (χ1n) is 9.17. The lowest BCUT2D eigenvalue weighted by atomic mass is 9.92. The molecular weight excluding hydrogens is 338 g/mol. The topological polar surface area (TPSA) is 73.3 Å². The molecule has 1 aliphatic rings. The Hall–Kier alpha value is -3.14. The highest BCUT2D eigenvalue weighted by Gasteiger charge is 2.24. The zero-order chi connectivity index (χ0) is 19.0. The second-order valence-corrected chi connectivity index (χ2v) is 7.82. The number of pyridine rings is 1. The Morgan fingerprint density at radius 2 is 1.67 bits per heavy atom. The summed E-state index contributed by atoms with van der Waals surface area (Å²) in [6.45, 7) is 9.75. The number of anilines is 2. The fraction of sp³-hybridized carbons (Fsp3) is 0.400. The molecule has 3 aromatic heterocycles. The second-order valence-electron chi connectivity index (χ2n) is 7.82. The number of hydrogen-bond donors (Lipinski definition) is 0. The highest BCUT2D eigenvalue weighted by atomic mass is 15.3. The van der Waals surface area contributed by atoms with E-state index in [9.17, 15) is 5.26 Å². The van der Waals surface area contributed by atoms with Crippen LogP contribution >= 0.6 is 0 Å². The van der Waals surface area contributed by atoms with Gasteiger partial charge in [0.2, 0.25) is 0 Å². The van der Waals surface area contributed by atoms with Gasteiger partial charge in [0.1, 0.15) is 17.4 Å². The monoisotopic (exact) mass is 361 g/mol. The van der Waals surface area contributed by atoms with Crippen LogP contribution in [-0.2, 0) is 5.41 Å². The van der Waals surface area contributed by atoms with Gasteiger partial charge in [-0.2, -0.15) is 10.4 Å². The number of piperazine rings is 1. The molecule has 4 rings (SSSR count). The zero-order valence-electron chi connectivity index (χ0n) is 15.9. The first-order chi connectivity index (χ1) is 13.0. The van der Waals surface area contributed by atoms with Crippen LogP contribution in [0.2, 0.25) is 0 Å². The summed E-state index contributed by atoms with van der Waals surface area (Å²) in [4.78, 5) is 13.5. The van der Waals surface area contributed by atoms with Crippen molar-refractivity contribution in [2.24, 2.45) is 0 Å². The fourth-order valence-corrected chi connectivity index (χ4v) is 3.38. The summed E-state index contributed by atoms with van der Waals surface area (Å²) >= 11 is 0. The number of rotatable bonds is 2. The first kappa shape index (κ1) is 17.3. The van der Waals surface area contributed by atoms with Gasteiger partial charge in [-0.15, -0.1) is 0 Å². The minimum absolute atomic E-state index is 0.00530. The van der Waals surface area contributed by atoms with E-state index in [2.05, 4.69) is 52.7 Å². The van der Waals surface area contributed by atoms with Crippen LogP contribution in [0.4, 0.5) is 11.6 Å². The molecule has 0 spiro atoms. The largest absolute Gasteiger partial charge is 0.352 e. The SMILES string of the molecule is CC(C)(C)c1cc2c(N3CCN(c4ncccc4C#N)CC3)nccn2n1. The zero-order valence-corrected chi connectivity index (χ0v) is 15.9. The van der Waals surface area contributed by atoms with Crippen molar-refractivity contribution in [1.82, 2.24) is 19.6 Å². The van der Waals surface area contributed by atoms with E-state index in [0.29, 0.717) is 5.56 Å². The third kappa shape index (κ3) is 3.19. The van der Waals surface area contributed by atoms with Gasteiger partial charge in [-0.25, -0.2) is 14.5 Å². The fourth-order valence-electron chi connectivity index (χ4n) is 3.38. The predicted octanol–water partition coefficient (Wildman–Crippen LogP) is 2.62. The molecular formula is C20H23N7. The molecule has 0 atom stereocenters. The van der Waals surface area contributed by atoms with Crippen molar-refractivity contribution < 1.29 is 0 Å². The van der Waals surface area contributed by atoms with Gasteiger partial charge in [0.25, 0.3) is 0 Å². The van der Waals surface area contributed by atoms with Crippen molar-refractivity contribution in [2.45, 2.75) is 26.2 Å². The Morgan fingerprint density at radius 1 is 1.00 bits per heavy atom. The van der Waals surface area contributed by atoms with Gasteiger partial charge in [0, 0.05) is 50.2 Å². The molecule has 0 amide bonds. The molecule has 0 radical (unpaired) electrons. The molecule has 0 saturated carbocycles. The summed E-state index contributed by atoms with van der Waals surface area (Å²) < 4.78 is 1.92. The number of nitrogens with zero attached hydrogens (tertiary/aromatic N) is 7. The number of nitriles is 1. The molecule has 3 aromatic rings. The lowest BCUT2D eigenvalue weighted by Crippen LogP contribution is -2.47. The summed E-state index contributed by atoms with van der Waals surface area (Å²) in [6, 6.07) is 7.99. The van der Waals surface area contributed by atoms with Crippen LogP contribution in [0.1, 0.15) is 32.0 Å². The number of fused-ring (bicyclic) bond motifs is 1. The van der Waals surface area contributed by atoms with E-state index < -0.39 is 0 Å². The van der Waals surface area contributed by atoms with Crippen molar-refractivity contribution in [1.29, 1.82) is 5.26 Å². The summed E-state index contributed by atoms with van der Waals surface area (Å²) in [6.07, 6.45) is 5.45. The number of hydrogen-bond acceptors (Lipinski definition) is 6. The second kappa shape index (κ2) is 6.54. The molecule has 1 aliphatic heterocycles. The minimum Gasteiger partial charge on any atom is -0.352 e. The molecule has 7 nitrogen and oxygen atoms in total. The third-order valence-electron chi connectivity index (χ3n) is 4.92. The van der Waals surface area contributed by atoms with Crippen LogP contribution in [0.25, 0.3) is 5.52 Å². The molecule has 27 heavy (non-hydrogen) atoms. The van der Waals surface area contributed by atoms with Crippen LogP contribution in [0.3, 0.4) is 0 Å². The van der Waals surface area contributed by atoms with E-state index in [0.717, 1.165) is 49.0 Å². The molecule has 0 aliphatic carbocycles. The van der Waals surface area contributed by atoms with Gasteiger partial charge in [-0.1, -0.05) is 20.8 Å². The molecule has 0 aromatic carbocycles. The Labute approximate surface area is 158 Å². The Balaban J connectivity index is 1.58. The Kier molecular flexibility index (Phi) is 4.19. The summed E-state index contributed by atoms with van der Waals surface area (Å²) in [5, 5.41) is 14.0. The maximum absolute atomic E-state index is 9.32. The van der Waals surface area contributed by atoms with Crippen molar-refractivity contribution in [3.8, 4) is 6.07 Å². The first-order valence-corrected chi connectivity index (χ1v) is 9.17. The van der Waals surface area contributed by atoms with Crippen LogP contribution < -0.4 is 9.80 Å². The third-order valence-corrected chi connectivity index (χ3v) is 4.92. The van der Waals surface area contributed by atoms with Crippen molar-refractivity contribution in [2.75, 3.05) is 36.0 Å². The molecule has 4 heterocycles.